The second-order valence-corrected chi connectivity index (χ2v) is 0. The Kier molecular flexibility index (Phi) is 120. The summed E-state index contributed by atoms with van der Waals surface area (Å²) in [5, 5.41) is 0. The third kappa shape index (κ3) is 18.4. The van der Waals surface area contributed by atoms with Crippen LogP contribution in [-0.4, -0.2) is 45.5 Å². The van der Waals surface area contributed by atoms with E-state index in [9.17, 15) is 0 Å². The summed E-state index contributed by atoms with van der Waals surface area (Å²) in [5.41, 5.74) is 0. The minimum absolute atomic E-state index is 0. The van der Waals surface area contributed by atoms with Crippen LogP contribution in [0.25, 0.3) is 0 Å². The molecule has 0 heterocycles. The van der Waals surface area contributed by atoms with Gasteiger partial charge in [0.2, 0.25) is 0 Å². The molecule has 0 unspecified atom stereocenters. The maximum atomic E-state index is 8.38. The van der Waals surface area contributed by atoms with Crippen molar-refractivity contribution in [2.75, 3.05) is 0 Å². The first-order chi connectivity index (χ1) is 1.00. The van der Waals surface area contributed by atoms with Crippen LogP contribution >= 0.6 is 0 Å². The molecule has 0 aromatic heterocycles. The summed E-state index contributed by atoms with van der Waals surface area (Å²) in [7, 11) is 0. The van der Waals surface area contributed by atoms with Crippen LogP contribution < -0.4 is 0 Å². The molecular weight excluding hydrogens is 364 g/mol. The molecule has 0 saturated carbocycles. The third-order valence-electron chi connectivity index (χ3n) is 0. The van der Waals surface area contributed by atoms with E-state index in [-0.39, 0.29) is 116 Å². The van der Waals surface area contributed by atoms with E-state index in [2.05, 4.69) is 0 Å². The summed E-state index contributed by atoms with van der Waals surface area (Å²) in [4.78, 5) is 0. The summed E-state index contributed by atoms with van der Waals surface area (Å²) in [6.07, 6.45) is 0. The van der Waals surface area contributed by atoms with Gasteiger partial charge in [0.15, 0.2) is 0 Å². The van der Waals surface area contributed by atoms with Gasteiger partial charge in [-0.1, -0.05) is 0 Å². The fourth-order valence-corrected chi connectivity index (χ4v) is 0. The van der Waals surface area contributed by atoms with E-state index in [4.69, 9.17) is 3.57 Å². The molecule has 0 aromatic rings. The van der Waals surface area contributed by atoms with Crippen LogP contribution in [-0.2, 0) is 38.9 Å². The molecule has 0 rings (SSSR count). The van der Waals surface area contributed by atoms with Gasteiger partial charge in [-0.05, 0) is 0 Å². The van der Waals surface area contributed by atoms with Gasteiger partial charge in [-0.2, -0.15) is 0 Å². The first-order valence-corrected chi connectivity index (χ1v) is 1.50. The second kappa shape index (κ2) is 25.5. The molecule has 0 N–H and O–H groups in total. The van der Waals surface area contributed by atoms with E-state index in [1.807, 2.05) is 0 Å². The quantitative estimate of drug-likeness (QED) is 0.501. The van der Waals surface area contributed by atoms with E-state index >= 15 is 0 Å². The fraction of sp³-hybridized carbons (Fsp3) is 0. The van der Waals surface area contributed by atoms with E-state index in [0.29, 0.717) is 0 Å². The zero-order valence-corrected chi connectivity index (χ0v) is 9.74. The van der Waals surface area contributed by atoms with Crippen LogP contribution in [0.4, 0.5) is 0 Å². The van der Waals surface area contributed by atoms with Gasteiger partial charge in [-0.15, -0.1) is 0 Å². The summed E-state index contributed by atoms with van der Waals surface area (Å²) in [6, 6.07) is 0. The molecule has 5 heteroatoms. The summed E-state index contributed by atoms with van der Waals surface area (Å²) in [5.74, 6) is 0. The minimum atomic E-state index is 0. The Hall–Kier alpha value is 3.62. The van der Waals surface area contributed by atoms with E-state index in [1.165, 1.54) is 0 Å². The molecule has 1 radical (unpaired) electrons. The Morgan fingerprint density at radius 2 is 1.20 bits per heavy atom. The molecule has 5 heavy (non-hydrogen) atoms. The molecule has 0 fully saturated rings. The van der Waals surface area contributed by atoms with Crippen LogP contribution in [0.5, 0.6) is 0 Å². The summed E-state index contributed by atoms with van der Waals surface area (Å²) < 4.78 is 8.38. The van der Waals surface area contributed by atoms with Gasteiger partial charge in [0.05, 0.1) is 0 Å². The van der Waals surface area contributed by atoms with Crippen molar-refractivity contribution >= 4 is 45.5 Å². The predicted octanol–water partition coefficient (Wildman–Crippen LogP) is -1.04. The van der Waals surface area contributed by atoms with E-state index in [0.717, 1.165) is 0 Å². The topological polar surface area (TPSA) is 17.1 Å². The van der Waals surface area contributed by atoms with E-state index in [1.54, 1.807) is 0 Å². The van der Waals surface area contributed by atoms with Gasteiger partial charge < -0.3 is 0 Å². The van der Waals surface area contributed by atoms with Crippen LogP contribution in [0.15, 0.2) is 0 Å². The van der Waals surface area contributed by atoms with Gasteiger partial charge in [-0.3, -0.25) is 0 Å². The van der Waals surface area contributed by atoms with Crippen LogP contribution in [0, 0.1) is 35.6 Å². The Labute approximate surface area is 117 Å². The van der Waals surface area contributed by atoms with Crippen molar-refractivity contribution in [2.24, 2.45) is 0 Å². The summed E-state index contributed by atoms with van der Waals surface area (Å²) in [6.45, 7) is 0. The zero-order chi connectivity index (χ0) is 2.00. The average Bonchev–Trinajstić information content (AvgIpc) is 1.00. The van der Waals surface area contributed by atoms with Crippen molar-refractivity contribution in [1.29, 1.82) is 0 Å². The average molecular weight is 366 g/mol. The van der Waals surface area contributed by atoms with Crippen molar-refractivity contribution in [3.8, 4) is 0 Å². The number of hydrogen-bond donors (Lipinski definition) is 0. The molecule has 0 aliphatic heterocycles. The standard InChI is InChI=1S/Fe.La.O.Sr.Zn.2H. The Bertz CT molecular complexity index is 11.6. The molecule has 1 nitrogen and oxygen atoms in total. The van der Waals surface area contributed by atoms with Crippen molar-refractivity contribution in [1.82, 2.24) is 0 Å². The SMILES string of the molecule is [Fe].[La].[O]=[Zn].[SrH2]. The van der Waals surface area contributed by atoms with Gasteiger partial charge in [-0.25, -0.2) is 0 Å². The summed E-state index contributed by atoms with van der Waals surface area (Å²) >= 11 is 0.125. The Morgan fingerprint density at radius 1 is 1.20 bits per heavy atom. The molecule has 0 bridgehead atoms. The first-order valence-electron chi connectivity index (χ1n) is 0.289. The molecule has 0 spiro atoms. The molecule has 0 aliphatic rings. The van der Waals surface area contributed by atoms with Crippen molar-refractivity contribution in [2.45, 2.75) is 0 Å². The first kappa shape index (κ1) is 23.5. The fourth-order valence-electron chi connectivity index (χ4n) is 0. The molecule has 0 atom stereocenters. The van der Waals surface area contributed by atoms with Crippen LogP contribution in [0.1, 0.15) is 0 Å². The number of hydrogen-bond acceptors (Lipinski definition) is 1. The molecule has 0 amide bonds. The van der Waals surface area contributed by atoms with Gasteiger partial charge >= 0.3 is 67.3 Å². The van der Waals surface area contributed by atoms with Gasteiger partial charge in [0, 0.05) is 52.7 Å². The molecule has 0 aromatic carbocycles. The Balaban J connectivity index is -0.00000000167. The number of rotatable bonds is 0. The zero-order valence-electron chi connectivity index (χ0n) is 2.05. The predicted molar refractivity (Wildman–Crippen MR) is 9.23 cm³/mol. The Morgan fingerprint density at radius 3 is 1.20 bits per heavy atom. The monoisotopic (exact) mass is 365 g/mol. The van der Waals surface area contributed by atoms with Crippen LogP contribution in [0.2, 0.25) is 0 Å². The van der Waals surface area contributed by atoms with Crippen molar-refractivity contribution < 1.29 is 74.5 Å². The molecular formula is H2FeLaOSrZn. The molecule has 0 saturated heterocycles. The maximum absolute atomic E-state index is 8.38. The molecule has 0 aliphatic carbocycles. The second-order valence-electron chi connectivity index (χ2n) is 0. The third-order valence-corrected chi connectivity index (χ3v) is 0. The van der Waals surface area contributed by atoms with Crippen molar-refractivity contribution in [3.63, 3.8) is 0 Å². The molecule has 23 valence electrons. The normalized spacial score (nSPS) is 1.20. The van der Waals surface area contributed by atoms with Crippen LogP contribution in [0.3, 0.4) is 0 Å². The van der Waals surface area contributed by atoms with Gasteiger partial charge in [0.1, 0.15) is 0 Å². The van der Waals surface area contributed by atoms with Crippen molar-refractivity contribution in [3.05, 3.63) is 0 Å². The van der Waals surface area contributed by atoms with Gasteiger partial charge in [0.25, 0.3) is 0 Å². The van der Waals surface area contributed by atoms with E-state index < -0.39 is 0 Å².